The summed E-state index contributed by atoms with van der Waals surface area (Å²) in [6.45, 7) is 13.7. The number of rotatable bonds is 5. The minimum absolute atomic E-state index is 0.161. The number of aryl methyl sites for hydroxylation is 1. The minimum atomic E-state index is -0.608. The molecule has 0 radical (unpaired) electrons. The number of nitrogens with zero attached hydrogens (tertiary/aromatic N) is 2. The zero-order valence-corrected chi connectivity index (χ0v) is 21.6. The lowest BCUT2D eigenvalue weighted by Crippen LogP contribution is -2.45. The summed E-state index contributed by atoms with van der Waals surface area (Å²) in [7, 11) is 1.60. The fourth-order valence-corrected chi connectivity index (χ4v) is 3.86. The predicted molar refractivity (Wildman–Crippen MR) is 136 cm³/mol. The molecule has 1 atom stereocenters. The van der Waals surface area contributed by atoms with E-state index >= 15 is 0 Å². The number of benzene rings is 1. The first-order valence-electron chi connectivity index (χ1n) is 11.2. The van der Waals surface area contributed by atoms with Gasteiger partial charge in [-0.15, -0.1) is 0 Å². The van der Waals surface area contributed by atoms with E-state index in [0.29, 0.717) is 23.0 Å². The van der Waals surface area contributed by atoms with Crippen LogP contribution in [0.5, 0.6) is 0 Å². The third-order valence-electron chi connectivity index (χ3n) is 5.38. The summed E-state index contributed by atoms with van der Waals surface area (Å²) in [5.41, 5.74) is 2.43. The number of anilines is 2. The molecule has 1 amide bonds. The van der Waals surface area contributed by atoms with Crippen molar-refractivity contribution in [1.29, 1.82) is 0 Å². The number of hydrogen-bond donors (Lipinski definition) is 2. The summed E-state index contributed by atoms with van der Waals surface area (Å²) in [6.07, 6.45) is 4.00. The molecule has 1 aliphatic rings. The molecular formula is C25H35ClN4O4. The molecule has 1 fully saturated rings. The molecule has 186 valence electrons. The monoisotopic (exact) mass is 490 g/mol. The number of likely N-dealkylation sites (tertiary alicyclic amines) is 1. The van der Waals surface area contributed by atoms with Crippen LogP contribution >= 0.6 is 11.6 Å². The predicted octanol–water partition coefficient (Wildman–Crippen LogP) is 5.72. The smallest absolute Gasteiger partial charge is 0.414 e. The molecule has 2 N–H and O–H groups in total. The number of hydrogen-bond acceptors (Lipinski definition) is 6. The number of aromatic amines is 1. The SMILES string of the molecule is C=C1CCCC(C)N1C(=O)OC(C)(C)COC.Cc1ccc(Nc2nc[nH]c(=O)c2C)c(Cl)c1. The van der Waals surface area contributed by atoms with E-state index in [4.69, 9.17) is 21.1 Å². The Morgan fingerprint density at radius 2 is 2.09 bits per heavy atom. The number of nitrogens with one attached hydrogen (secondary N) is 2. The number of ether oxygens (including phenoxy) is 2. The van der Waals surface area contributed by atoms with Gasteiger partial charge in [0.15, 0.2) is 0 Å². The Morgan fingerprint density at radius 3 is 2.71 bits per heavy atom. The van der Waals surface area contributed by atoms with Crippen LogP contribution in [-0.2, 0) is 9.47 Å². The van der Waals surface area contributed by atoms with Crippen LogP contribution in [-0.4, -0.2) is 46.3 Å². The average Bonchev–Trinajstić information content (AvgIpc) is 2.73. The molecule has 8 nitrogen and oxygen atoms in total. The fraction of sp³-hybridized carbons (Fsp3) is 0.480. The maximum absolute atomic E-state index is 12.1. The zero-order chi connectivity index (χ0) is 25.5. The standard InChI is InChI=1S/C13H23NO3.C12H12ClN3O/c1-10-7-6-8-11(2)14(10)12(15)17-13(3,4)9-16-5;1-7-3-4-10(9(13)5-7)16-11-8(2)12(17)15-6-14-11/h11H,1,6-9H2,2-5H3;3-6H,1-2H3,(H2,14,15,16,17). The fourth-order valence-electron chi connectivity index (χ4n) is 3.58. The van der Waals surface area contributed by atoms with Gasteiger partial charge in [-0.3, -0.25) is 9.69 Å². The Balaban J connectivity index is 0.000000240. The Kier molecular flexibility index (Phi) is 9.70. The first-order chi connectivity index (χ1) is 15.9. The van der Waals surface area contributed by atoms with Crippen molar-refractivity contribution >= 4 is 29.2 Å². The molecule has 0 spiro atoms. The first kappa shape index (κ1) is 27.4. The first-order valence-corrected chi connectivity index (χ1v) is 11.6. The molecular weight excluding hydrogens is 456 g/mol. The van der Waals surface area contributed by atoms with Gasteiger partial charge in [-0.05, 0) is 71.6 Å². The van der Waals surface area contributed by atoms with E-state index in [0.717, 1.165) is 36.2 Å². The Bertz CT molecular complexity index is 1070. The molecule has 1 saturated heterocycles. The van der Waals surface area contributed by atoms with Gasteiger partial charge in [-0.1, -0.05) is 24.2 Å². The average molecular weight is 491 g/mol. The number of halogens is 1. The second kappa shape index (κ2) is 12.0. The van der Waals surface area contributed by atoms with Gasteiger partial charge < -0.3 is 19.8 Å². The second-order valence-corrected chi connectivity index (χ2v) is 9.46. The second-order valence-electron chi connectivity index (χ2n) is 9.05. The lowest BCUT2D eigenvalue weighted by molar-refractivity contribution is -0.0343. The number of piperidine rings is 1. The minimum Gasteiger partial charge on any atom is -0.441 e. The molecule has 1 aliphatic heterocycles. The number of methoxy groups -OCH3 is 1. The van der Waals surface area contributed by atoms with Crippen LogP contribution in [0.15, 0.2) is 41.6 Å². The molecule has 0 saturated carbocycles. The van der Waals surface area contributed by atoms with Crippen LogP contribution in [0.3, 0.4) is 0 Å². The Morgan fingerprint density at radius 1 is 1.38 bits per heavy atom. The van der Waals surface area contributed by atoms with Crippen LogP contribution in [0.4, 0.5) is 16.3 Å². The van der Waals surface area contributed by atoms with Gasteiger partial charge in [0.2, 0.25) is 0 Å². The van der Waals surface area contributed by atoms with E-state index in [9.17, 15) is 9.59 Å². The van der Waals surface area contributed by atoms with E-state index in [1.54, 1.807) is 18.9 Å². The molecule has 0 aliphatic carbocycles. The molecule has 0 bridgehead atoms. The largest absolute Gasteiger partial charge is 0.441 e. The highest BCUT2D eigenvalue weighted by Gasteiger charge is 2.32. The third-order valence-corrected chi connectivity index (χ3v) is 5.70. The van der Waals surface area contributed by atoms with Crippen molar-refractivity contribution in [1.82, 2.24) is 14.9 Å². The summed E-state index contributed by atoms with van der Waals surface area (Å²) < 4.78 is 10.5. The Hall–Kier alpha value is -2.84. The highest BCUT2D eigenvalue weighted by Crippen LogP contribution is 2.27. The van der Waals surface area contributed by atoms with Crippen molar-refractivity contribution in [3.8, 4) is 0 Å². The van der Waals surface area contributed by atoms with Crippen LogP contribution in [0, 0.1) is 13.8 Å². The van der Waals surface area contributed by atoms with Crippen LogP contribution in [0.25, 0.3) is 0 Å². The van der Waals surface area contributed by atoms with Crippen molar-refractivity contribution in [3.05, 3.63) is 63.3 Å². The molecule has 34 heavy (non-hydrogen) atoms. The normalized spacial score (nSPS) is 15.9. The molecule has 1 aromatic heterocycles. The zero-order valence-electron chi connectivity index (χ0n) is 20.8. The number of carbonyl (C=O) groups is 1. The van der Waals surface area contributed by atoms with Gasteiger partial charge in [0, 0.05) is 18.8 Å². The lowest BCUT2D eigenvalue weighted by atomic mass is 10.0. The van der Waals surface area contributed by atoms with E-state index in [1.807, 2.05) is 45.9 Å². The molecule has 3 rings (SSSR count). The van der Waals surface area contributed by atoms with Crippen molar-refractivity contribution in [2.45, 2.75) is 65.5 Å². The third kappa shape index (κ3) is 7.60. The number of aromatic nitrogens is 2. The molecule has 1 aromatic carbocycles. The highest BCUT2D eigenvalue weighted by atomic mass is 35.5. The summed E-state index contributed by atoms with van der Waals surface area (Å²) in [6, 6.07) is 5.82. The van der Waals surface area contributed by atoms with Gasteiger partial charge >= 0.3 is 6.09 Å². The van der Waals surface area contributed by atoms with Crippen molar-refractivity contribution < 1.29 is 14.3 Å². The maximum Gasteiger partial charge on any atom is 0.414 e. The van der Waals surface area contributed by atoms with Crippen LogP contribution < -0.4 is 10.9 Å². The van der Waals surface area contributed by atoms with E-state index in [1.165, 1.54) is 6.33 Å². The number of carbonyl (C=O) groups excluding carboxylic acids is 1. The Labute approximate surface area is 206 Å². The lowest BCUT2D eigenvalue weighted by Gasteiger charge is -2.36. The highest BCUT2D eigenvalue weighted by molar-refractivity contribution is 6.33. The van der Waals surface area contributed by atoms with Crippen molar-refractivity contribution in [2.75, 3.05) is 19.0 Å². The number of allylic oxidation sites excluding steroid dienone is 1. The van der Waals surface area contributed by atoms with Gasteiger partial charge in [0.25, 0.3) is 5.56 Å². The summed E-state index contributed by atoms with van der Waals surface area (Å²) in [5.74, 6) is 0.513. The number of amides is 1. The maximum atomic E-state index is 12.1. The summed E-state index contributed by atoms with van der Waals surface area (Å²) >= 11 is 6.10. The van der Waals surface area contributed by atoms with Gasteiger partial charge in [0.05, 0.1) is 29.2 Å². The van der Waals surface area contributed by atoms with Crippen LogP contribution in [0.1, 0.15) is 51.2 Å². The van der Waals surface area contributed by atoms with Gasteiger partial charge in [-0.2, -0.15) is 0 Å². The topological polar surface area (TPSA) is 96.6 Å². The van der Waals surface area contributed by atoms with Gasteiger partial charge in [0.1, 0.15) is 11.4 Å². The molecule has 2 heterocycles. The summed E-state index contributed by atoms with van der Waals surface area (Å²) in [5, 5.41) is 3.65. The quantitative estimate of drug-likeness (QED) is 0.556. The van der Waals surface area contributed by atoms with Gasteiger partial charge in [-0.25, -0.2) is 9.78 Å². The van der Waals surface area contributed by atoms with Crippen molar-refractivity contribution in [3.63, 3.8) is 0 Å². The molecule has 9 heteroatoms. The van der Waals surface area contributed by atoms with E-state index in [-0.39, 0.29) is 17.7 Å². The number of H-pyrrole nitrogens is 1. The van der Waals surface area contributed by atoms with E-state index in [2.05, 4.69) is 21.9 Å². The van der Waals surface area contributed by atoms with E-state index < -0.39 is 5.60 Å². The molecule has 1 unspecified atom stereocenters. The van der Waals surface area contributed by atoms with Crippen LogP contribution in [0.2, 0.25) is 5.02 Å². The van der Waals surface area contributed by atoms with Crippen molar-refractivity contribution in [2.24, 2.45) is 0 Å². The summed E-state index contributed by atoms with van der Waals surface area (Å²) in [4.78, 5) is 31.7. The molecule has 2 aromatic rings.